The van der Waals surface area contributed by atoms with Gasteiger partial charge in [-0.2, -0.15) is 5.10 Å². The summed E-state index contributed by atoms with van der Waals surface area (Å²) in [6.45, 7) is 1.86. The molecule has 33 heavy (non-hydrogen) atoms. The Hall–Kier alpha value is -3.23. The summed E-state index contributed by atoms with van der Waals surface area (Å²) in [6, 6.07) is 15.7. The van der Waals surface area contributed by atoms with Gasteiger partial charge in [-0.05, 0) is 41.6 Å². The van der Waals surface area contributed by atoms with Gasteiger partial charge >= 0.3 is 0 Å². The third-order valence-corrected chi connectivity index (χ3v) is 6.56. The van der Waals surface area contributed by atoms with Gasteiger partial charge < -0.3 is 0 Å². The number of aromatic amines is 1. The fourth-order valence-electron chi connectivity index (χ4n) is 3.88. The fraction of sp³-hybridized carbons (Fsp3) is 0.208. The van der Waals surface area contributed by atoms with E-state index in [1.165, 1.54) is 10.6 Å². The maximum atomic E-state index is 13.6. The van der Waals surface area contributed by atoms with Crippen molar-refractivity contribution in [2.24, 2.45) is 0 Å². The summed E-state index contributed by atoms with van der Waals surface area (Å²) >= 11 is 6.27. The second-order valence-corrected chi connectivity index (χ2v) is 10.2. The van der Waals surface area contributed by atoms with E-state index in [-0.39, 0.29) is 35.0 Å². The molecule has 0 aliphatic rings. The molecule has 0 radical (unpaired) electrons. The molecule has 0 aliphatic heterocycles. The Labute approximate surface area is 195 Å². The summed E-state index contributed by atoms with van der Waals surface area (Å²) in [5, 5.41) is 7.87. The molecule has 0 atom stereocenters. The van der Waals surface area contributed by atoms with Crippen molar-refractivity contribution in [1.29, 1.82) is 0 Å². The summed E-state index contributed by atoms with van der Waals surface area (Å²) in [5.41, 5.74) is 1.69. The number of carbonyl (C=O) groups excluding carboxylic acids is 1. The molecule has 0 saturated carbocycles. The number of nitrogens with zero attached hydrogens (tertiary/aromatic N) is 2. The van der Waals surface area contributed by atoms with Gasteiger partial charge in [0.15, 0.2) is 20.6 Å². The van der Waals surface area contributed by atoms with E-state index >= 15 is 0 Å². The molecule has 0 aliphatic carbocycles. The molecule has 0 unspecified atom stereocenters. The number of hydrogen-bond acceptors (Lipinski definition) is 5. The van der Waals surface area contributed by atoms with Crippen molar-refractivity contribution in [2.45, 2.75) is 31.3 Å². The van der Waals surface area contributed by atoms with E-state index in [0.29, 0.717) is 33.5 Å². The molecule has 2 aromatic heterocycles. The number of carbonyl (C=O) groups is 1. The number of hydrogen-bond donors (Lipinski definition) is 1. The van der Waals surface area contributed by atoms with Crippen molar-refractivity contribution < 1.29 is 13.2 Å². The Balaban J connectivity index is 2.07. The number of ketones is 1. The predicted molar refractivity (Wildman–Crippen MR) is 129 cm³/mol. The minimum Gasteiger partial charge on any atom is -0.298 e. The highest BCUT2D eigenvalue weighted by atomic mass is 35.5. The monoisotopic (exact) mass is 483 g/mol. The summed E-state index contributed by atoms with van der Waals surface area (Å²) in [5.74, 6) is -0.182. The number of Topliss-reactive ketones (excluding diaryl/α,β-unsaturated/α-hetero) is 1. The van der Waals surface area contributed by atoms with Crippen LogP contribution in [0.4, 0.5) is 0 Å². The molecule has 0 spiro atoms. The van der Waals surface area contributed by atoms with Crippen LogP contribution in [-0.4, -0.2) is 35.2 Å². The molecule has 2 heterocycles. The quantitative estimate of drug-likeness (QED) is 0.390. The average Bonchev–Trinajstić information content (AvgIpc) is 3.25. The maximum absolute atomic E-state index is 13.6. The van der Waals surface area contributed by atoms with Crippen molar-refractivity contribution in [3.8, 4) is 11.1 Å². The van der Waals surface area contributed by atoms with Crippen LogP contribution in [-0.2, 0) is 16.4 Å². The van der Waals surface area contributed by atoms with Gasteiger partial charge in [-0.1, -0.05) is 48.9 Å². The molecule has 0 saturated heterocycles. The predicted octanol–water partition coefficient (Wildman–Crippen LogP) is 4.48. The Kier molecular flexibility index (Phi) is 6.23. The van der Waals surface area contributed by atoms with Crippen molar-refractivity contribution in [2.75, 3.05) is 6.26 Å². The zero-order chi connectivity index (χ0) is 23.8. The largest absolute Gasteiger partial charge is 0.298 e. The van der Waals surface area contributed by atoms with Gasteiger partial charge in [0.05, 0.1) is 17.9 Å². The van der Waals surface area contributed by atoms with Gasteiger partial charge in [-0.25, -0.2) is 8.42 Å². The lowest BCUT2D eigenvalue weighted by atomic mass is 9.94. The molecule has 0 amide bonds. The number of halogens is 1. The first-order chi connectivity index (χ1) is 15.7. The molecule has 0 bridgehead atoms. The molecule has 7 nitrogen and oxygen atoms in total. The van der Waals surface area contributed by atoms with Crippen LogP contribution < -0.4 is 5.56 Å². The second-order valence-electron chi connectivity index (χ2n) is 7.85. The van der Waals surface area contributed by atoms with Gasteiger partial charge in [0.25, 0.3) is 5.56 Å². The summed E-state index contributed by atoms with van der Waals surface area (Å²) in [4.78, 5) is 27.0. The van der Waals surface area contributed by atoms with Crippen LogP contribution in [0.2, 0.25) is 5.02 Å². The highest BCUT2D eigenvalue weighted by Gasteiger charge is 2.24. The van der Waals surface area contributed by atoms with Gasteiger partial charge in [-0.15, -0.1) is 0 Å². The Morgan fingerprint density at radius 1 is 1.09 bits per heavy atom. The normalized spacial score (nSPS) is 11.7. The first-order valence-electron chi connectivity index (χ1n) is 10.4. The molecule has 9 heteroatoms. The van der Waals surface area contributed by atoms with E-state index in [0.717, 1.165) is 11.8 Å². The first kappa shape index (κ1) is 22.9. The second kappa shape index (κ2) is 8.96. The van der Waals surface area contributed by atoms with Crippen molar-refractivity contribution >= 4 is 38.0 Å². The highest BCUT2D eigenvalue weighted by molar-refractivity contribution is 7.90. The molecule has 2 aromatic carbocycles. The van der Waals surface area contributed by atoms with E-state index in [4.69, 9.17) is 11.6 Å². The van der Waals surface area contributed by atoms with E-state index in [1.54, 1.807) is 18.2 Å². The SMILES string of the molecule is CCCC(=O)c1c(-c2ccccc2)c2cc(Cl)ccc2c(=O)n1Cc1cc(S(C)(=O)=O)n[nH]1. The van der Waals surface area contributed by atoms with Crippen LogP contribution in [0.1, 0.15) is 35.9 Å². The lowest BCUT2D eigenvalue weighted by Crippen LogP contribution is -2.28. The maximum Gasteiger partial charge on any atom is 0.259 e. The minimum absolute atomic E-state index is 0.0372. The van der Waals surface area contributed by atoms with Crippen LogP contribution in [0.5, 0.6) is 0 Å². The number of sulfone groups is 1. The van der Waals surface area contributed by atoms with Gasteiger partial charge in [0.1, 0.15) is 0 Å². The van der Waals surface area contributed by atoms with Crippen LogP contribution >= 0.6 is 11.6 Å². The molecule has 4 rings (SSSR count). The third-order valence-electron chi connectivity index (χ3n) is 5.35. The Morgan fingerprint density at radius 3 is 2.45 bits per heavy atom. The fourth-order valence-corrected chi connectivity index (χ4v) is 4.62. The number of benzene rings is 2. The Bertz CT molecular complexity index is 1520. The zero-order valence-corrected chi connectivity index (χ0v) is 19.7. The topological polar surface area (TPSA) is 102 Å². The number of nitrogens with one attached hydrogen (secondary N) is 1. The lowest BCUT2D eigenvalue weighted by Gasteiger charge is -2.19. The highest BCUT2D eigenvalue weighted by Crippen LogP contribution is 2.33. The standard InChI is InChI=1S/C24H22ClN3O4S/c1-3-7-20(29)23-22(15-8-5-4-6-9-15)19-12-16(25)10-11-18(19)24(30)28(23)14-17-13-21(27-26-17)33(2,31)32/h4-6,8-13H,3,7,14H2,1-2H3,(H,26,27). The Morgan fingerprint density at radius 2 is 1.82 bits per heavy atom. The van der Waals surface area contributed by atoms with Gasteiger partial charge in [0, 0.05) is 28.6 Å². The lowest BCUT2D eigenvalue weighted by molar-refractivity contribution is 0.0973. The third kappa shape index (κ3) is 4.49. The van der Waals surface area contributed by atoms with E-state index in [9.17, 15) is 18.0 Å². The molecule has 0 fully saturated rings. The van der Waals surface area contributed by atoms with E-state index < -0.39 is 9.84 Å². The van der Waals surface area contributed by atoms with E-state index in [1.807, 2.05) is 37.3 Å². The van der Waals surface area contributed by atoms with Crippen LogP contribution in [0.15, 0.2) is 64.4 Å². The molecule has 4 aromatic rings. The number of aromatic nitrogens is 3. The number of H-pyrrole nitrogens is 1. The van der Waals surface area contributed by atoms with Gasteiger partial charge in [0.2, 0.25) is 0 Å². The van der Waals surface area contributed by atoms with Crippen molar-refractivity contribution in [3.05, 3.63) is 81.4 Å². The van der Waals surface area contributed by atoms with Gasteiger partial charge in [-0.3, -0.25) is 19.3 Å². The van der Waals surface area contributed by atoms with Crippen LogP contribution in [0.25, 0.3) is 21.9 Å². The van der Waals surface area contributed by atoms with Crippen molar-refractivity contribution in [1.82, 2.24) is 14.8 Å². The summed E-state index contributed by atoms with van der Waals surface area (Å²) < 4.78 is 25.1. The summed E-state index contributed by atoms with van der Waals surface area (Å²) in [6.07, 6.45) is 1.92. The molecular weight excluding hydrogens is 462 g/mol. The van der Waals surface area contributed by atoms with Crippen LogP contribution in [0, 0.1) is 0 Å². The molecule has 170 valence electrons. The zero-order valence-electron chi connectivity index (χ0n) is 18.1. The van der Waals surface area contributed by atoms with Crippen LogP contribution in [0.3, 0.4) is 0 Å². The van der Waals surface area contributed by atoms with Crippen molar-refractivity contribution in [3.63, 3.8) is 0 Å². The number of rotatable bonds is 7. The smallest absolute Gasteiger partial charge is 0.259 e. The summed E-state index contributed by atoms with van der Waals surface area (Å²) in [7, 11) is -3.52. The van der Waals surface area contributed by atoms with E-state index in [2.05, 4.69) is 10.2 Å². The first-order valence-corrected chi connectivity index (χ1v) is 12.7. The number of fused-ring (bicyclic) bond motifs is 1. The molecular formula is C24H22ClN3O4S. The molecule has 1 N–H and O–H groups in total. The minimum atomic E-state index is -3.52. The average molecular weight is 484 g/mol. The number of pyridine rings is 1.